The third-order valence-corrected chi connectivity index (χ3v) is 4.93. The number of halogens is 1. The maximum absolute atomic E-state index is 6.43. The van der Waals surface area contributed by atoms with Gasteiger partial charge in [-0.15, -0.1) is 0 Å². The van der Waals surface area contributed by atoms with E-state index in [2.05, 4.69) is 22.0 Å². The van der Waals surface area contributed by atoms with Crippen LogP contribution in [0.5, 0.6) is 5.75 Å². The molecule has 1 aliphatic carbocycles. The van der Waals surface area contributed by atoms with Crippen molar-refractivity contribution in [2.75, 3.05) is 6.61 Å². The Morgan fingerprint density at radius 1 is 1.25 bits per heavy atom. The molecule has 2 nitrogen and oxygen atoms in total. The molecule has 0 saturated heterocycles. The van der Waals surface area contributed by atoms with Gasteiger partial charge in [-0.3, -0.25) is 0 Å². The van der Waals surface area contributed by atoms with Crippen LogP contribution in [0.3, 0.4) is 0 Å². The van der Waals surface area contributed by atoms with E-state index in [1.807, 2.05) is 19.1 Å². The molecule has 2 rings (SSSR count). The largest absolute Gasteiger partial charge is 0.494 e. The Labute approximate surface area is 131 Å². The summed E-state index contributed by atoms with van der Waals surface area (Å²) in [5.74, 6) is 1.70. The van der Waals surface area contributed by atoms with Crippen LogP contribution in [-0.2, 0) is 0 Å². The highest BCUT2D eigenvalue weighted by atomic mass is 79.9. The van der Waals surface area contributed by atoms with Crippen LogP contribution < -0.4 is 10.5 Å². The Kier molecular flexibility index (Phi) is 6.37. The highest BCUT2D eigenvalue weighted by Gasteiger charge is 2.18. The second-order valence-electron chi connectivity index (χ2n) is 5.82. The Bertz CT molecular complexity index is 413. The molecule has 0 amide bonds. The summed E-state index contributed by atoms with van der Waals surface area (Å²) in [5.41, 5.74) is 7.64. The van der Waals surface area contributed by atoms with Gasteiger partial charge >= 0.3 is 0 Å². The first-order chi connectivity index (χ1) is 9.70. The van der Waals surface area contributed by atoms with Crippen molar-refractivity contribution in [3.63, 3.8) is 0 Å². The molecule has 2 N–H and O–H groups in total. The third kappa shape index (κ3) is 4.49. The molecule has 0 radical (unpaired) electrons. The van der Waals surface area contributed by atoms with Crippen LogP contribution in [0.15, 0.2) is 22.7 Å². The van der Waals surface area contributed by atoms with Gasteiger partial charge in [-0.05, 0) is 37.0 Å². The molecule has 1 aromatic carbocycles. The number of rotatable bonds is 5. The quantitative estimate of drug-likeness (QED) is 0.747. The Balaban J connectivity index is 1.98. The maximum Gasteiger partial charge on any atom is 0.120 e. The summed E-state index contributed by atoms with van der Waals surface area (Å²) in [4.78, 5) is 0. The van der Waals surface area contributed by atoms with E-state index in [1.165, 1.54) is 44.1 Å². The molecule has 1 unspecified atom stereocenters. The normalized spacial score (nSPS) is 18.6. The number of nitrogens with two attached hydrogens (primary N) is 1. The summed E-state index contributed by atoms with van der Waals surface area (Å²) in [6, 6.07) is 6.29. The van der Waals surface area contributed by atoms with E-state index in [1.54, 1.807) is 0 Å². The lowest BCUT2D eigenvalue weighted by Crippen LogP contribution is -2.16. The Morgan fingerprint density at radius 3 is 2.55 bits per heavy atom. The SMILES string of the molecule is CCOc1ccc(C(N)CC2CCCCCC2)c(Br)c1. The first kappa shape index (κ1) is 15.8. The molecule has 112 valence electrons. The first-order valence-electron chi connectivity index (χ1n) is 7.88. The van der Waals surface area contributed by atoms with Crippen LogP contribution in [0.1, 0.15) is 63.5 Å². The van der Waals surface area contributed by atoms with Crippen molar-refractivity contribution in [1.29, 1.82) is 0 Å². The standard InChI is InChI=1S/C17H26BrNO/c1-2-20-14-9-10-15(16(18)12-14)17(19)11-13-7-5-3-4-6-8-13/h9-10,12-13,17H,2-8,11,19H2,1H3. The van der Waals surface area contributed by atoms with E-state index in [0.29, 0.717) is 6.61 Å². The average molecular weight is 340 g/mol. The molecule has 1 atom stereocenters. The summed E-state index contributed by atoms with van der Waals surface area (Å²) >= 11 is 3.64. The number of benzene rings is 1. The third-order valence-electron chi connectivity index (χ3n) is 4.24. The molecular weight excluding hydrogens is 314 g/mol. The molecule has 1 saturated carbocycles. The molecule has 0 heterocycles. The second kappa shape index (κ2) is 8.04. The van der Waals surface area contributed by atoms with Crippen LogP contribution in [0.4, 0.5) is 0 Å². The van der Waals surface area contributed by atoms with Gasteiger partial charge in [0, 0.05) is 10.5 Å². The zero-order valence-electron chi connectivity index (χ0n) is 12.4. The molecule has 0 aliphatic heterocycles. The summed E-state index contributed by atoms with van der Waals surface area (Å²) in [7, 11) is 0. The first-order valence-corrected chi connectivity index (χ1v) is 8.67. The highest BCUT2D eigenvalue weighted by molar-refractivity contribution is 9.10. The van der Waals surface area contributed by atoms with Gasteiger partial charge in [-0.1, -0.05) is 60.5 Å². The molecule has 1 aliphatic rings. The Hall–Kier alpha value is -0.540. The van der Waals surface area contributed by atoms with Gasteiger partial charge in [0.15, 0.2) is 0 Å². The van der Waals surface area contributed by atoms with E-state index in [9.17, 15) is 0 Å². The zero-order chi connectivity index (χ0) is 14.4. The highest BCUT2D eigenvalue weighted by Crippen LogP contribution is 2.33. The van der Waals surface area contributed by atoms with E-state index < -0.39 is 0 Å². The number of hydrogen-bond acceptors (Lipinski definition) is 2. The summed E-state index contributed by atoms with van der Waals surface area (Å²) in [6.45, 7) is 2.69. The second-order valence-corrected chi connectivity index (χ2v) is 6.67. The van der Waals surface area contributed by atoms with Crippen LogP contribution in [0.2, 0.25) is 0 Å². The van der Waals surface area contributed by atoms with Gasteiger partial charge in [0.2, 0.25) is 0 Å². The monoisotopic (exact) mass is 339 g/mol. The predicted octanol–water partition coefficient (Wildman–Crippen LogP) is 5.21. The average Bonchev–Trinajstić information content (AvgIpc) is 2.67. The fourth-order valence-corrected chi connectivity index (χ4v) is 3.80. The topological polar surface area (TPSA) is 35.2 Å². The molecular formula is C17H26BrNO. The predicted molar refractivity (Wildman–Crippen MR) is 88.0 cm³/mol. The van der Waals surface area contributed by atoms with Gasteiger partial charge in [0.05, 0.1) is 6.61 Å². The summed E-state index contributed by atoms with van der Waals surface area (Å²) in [5, 5.41) is 0. The van der Waals surface area contributed by atoms with Crippen molar-refractivity contribution in [2.24, 2.45) is 11.7 Å². The molecule has 0 aromatic heterocycles. The van der Waals surface area contributed by atoms with Gasteiger partial charge in [-0.2, -0.15) is 0 Å². The van der Waals surface area contributed by atoms with E-state index >= 15 is 0 Å². The zero-order valence-corrected chi connectivity index (χ0v) is 14.0. The molecule has 20 heavy (non-hydrogen) atoms. The lowest BCUT2D eigenvalue weighted by Gasteiger charge is -2.21. The smallest absolute Gasteiger partial charge is 0.120 e. The van der Waals surface area contributed by atoms with Crippen molar-refractivity contribution >= 4 is 15.9 Å². The fraction of sp³-hybridized carbons (Fsp3) is 0.647. The molecule has 3 heteroatoms. The minimum Gasteiger partial charge on any atom is -0.494 e. The van der Waals surface area contributed by atoms with Crippen LogP contribution in [0, 0.1) is 5.92 Å². The van der Waals surface area contributed by atoms with Crippen molar-refractivity contribution in [2.45, 2.75) is 57.9 Å². The molecule has 0 spiro atoms. The van der Waals surface area contributed by atoms with Gasteiger partial charge in [0.1, 0.15) is 5.75 Å². The lowest BCUT2D eigenvalue weighted by molar-refractivity contribution is 0.339. The van der Waals surface area contributed by atoms with Gasteiger partial charge in [-0.25, -0.2) is 0 Å². The van der Waals surface area contributed by atoms with E-state index in [4.69, 9.17) is 10.5 Å². The van der Waals surface area contributed by atoms with E-state index in [0.717, 1.165) is 22.6 Å². The van der Waals surface area contributed by atoms with Crippen molar-refractivity contribution < 1.29 is 4.74 Å². The van der Waals surface area contributed by atoms with Crippen LogP contribution >= 0.6 is 15.9 Å². The van der Waals surface area contributed by atoms with Crippen molar-refractivity contribution in [3.05, 3.63) is 28.2 Å². The summed E-state index contributed by atoms with van der Waals surface area (Å²) < 4.78 is 6.59. The van der Waals surface area contributed by atoms with Crippen LogP contribution in [0.25, 0.3) is 0 Å². The minimum atomic E-state index is 0.128. The van der Waals surface area contributed by atoms with Crippen LogP contribution in [-0.4, -0.2) is 6.61 Å². The number of hydrogen-bond donors (Lipinski definition) is 1. The lowest BCUT2D eigenvalue weighted by atomic mass is 9.90. The fourth-order valence-electron chi connectivity index (χ4n) is 3.15. The Morgan fingerprint density at radius 2 is 1.95 bits per heavy atom. The van der Waals surface area contributed by atoms with Crippen molar-refractivity contribution in [3.8, 4) is 5.75 Å². The molecule has 1 fully saturated rings. The van der Waals surface area contributed by atoms with Crippen molar-refractivity contribution in [1.82, 2.24) is 0 Å². The number of ether oxygens (including phenoxy) is 1. The summed E-state index contributed by atoms with van der Waals surface area (Å²) in [6.07, 6.45) is 9.36. The maximum atomic E-state index is 6.43. The molecule has 1 aromatic rings. The van der Waals surface area contributed by atoms with Gasteiger partial charge in [0.25, 0.3) is 0 Å². The molecule has 0 bridgehead atoms. The van der Waals surface area contributed by atoms with Gasteiger partial charge < -0.3 is 10.5 Å². The minimum absolute atomic E-state index is 0.128. The van der Waals surface area contributed by atoms with E-state index in [-0.39, 0.29) is 6.04 Å².